The molecule has 0 aliphatic carbocycles. The number of hydrogen-bond donors (Lipinski definition) is 1. The Kier molecular flexibility index (Phi) is 4.65. The molecule has 0 amide bonds. The first-order chi connectivity index (χ1) is 7.75. The highest BCUT2D eigenvalue weighted by molar-refractivity contribution is 7.16. The minimum Gasteiger partial charge on any atom is -0.386 e. The van der Waals surface area contributed by atoms with Crippen LogP contribution in [0.15, 0.2) is 12.1 Å². The standard InChI is InChI=1S/C12H18ClNOS/c13-12-6-5-11(16-12)10(15)9-14-7-3-1-2-4-8-14/h5-6,10,15H,1-4,7-9H2. The molecule has 2 rings (SSSR count). The van der Waals surface area contributed by atoms with E-state index in [0.29, 0.717) is 0 Å². The molecule has 0 radical (unpaired) electrons. The first-order valence-electron chi connectivity index (χ1n) is 5.91. The van der Waals surface area contributed by atoms with Gasteiger partial charge in [-0.05, 0) is 38.1 Å². The van der Waals surface area contributed by atoms with Gasteiger partial charge in [0.05, 0.1) is 4.34 Å². The van der Waals surface area contributed by atoms with Crippen LogP contribution in [0, 0.1) is 0 Å². The van der Waals surface area contributed by atoms with Gasteiger partial charge >= 0.3 is 0 Å². The van der Waals surface area contributed by atoms with Crippen LogP contribution in [0.2, 0.25) is 4.34 Å². The van der Waals surface area contributed by atoms with Gasteiger partial charge in [-0.3, -0.25) is 0 Å². The molecule has 1 N–H and O–H groups in total. The van der Waals surface area contributed by atoms with Crippen molar-refractivity contribution in [3.8, 4) is 0 Å². The third kappa shape index (κ3) is 3.45. The lowest BCUT2D eigenvalue weighted by molar-refractivity contribution is 0.118. The summed E-state index contributed by atoms with van der Waals surface area (Å²) in [6.45, 7) is 2.99. The van der Waals surface area contributed by atoms with Crippen molar-refractivity contribution in [2.24, 2.45) is 0 Å². The molecule has 0 saturated carbocycles. The lowest BCUT2D eigenvalue weighted by Crippen LogP contribution is -2.29. The highest BCUT2D eigenvalue weighted by atomic mass is 35.5. The molecule has 0 aromatic carbocycles. The molecule has 1 fully saturated rings. The Morgan fingerprint density at radius 2 is 1.94 bits per heavy atom. The third-order valence-corrected chi connectivity index (χ3v) is 4.38. The van der Waals surface area contributed by atoms with E-state index in [1.807, 2.05) is 12.1 Å². The van der Waals surface area contributed by atoms with E-state index in [2.05, 4.69) is 4.90 Å². The average molecular weight is 260 g/mol. The second-order valence-electron chi connectivity index (χ2n) is 4.37. The lowest BCUT2D eigenvalue weighted by Gasteiger charge is -2.22. The molecule has 0 spiro atoms. The molecule has 1 aromatic heterocycles. The summed E-state index contributed by atoms with van der Waals surface area (Å²) in [4.78, 5) is 3.35. The molecule has 1 aliphatic heterocycles. The maximum absolute atomic E-state index is 10.1. The quantitative estimate of drug-likeness (QED) is 0.900. The van der Waals surface area contributed by atoms with Crippen LogP contribution in [0.25, 0.3) is 0 Å². The van der Waals surface area contributed by atoms with E-state index < -0.39 is 0 Å². The molecule has 90 valence electrons. The van der Waals surface area contributed by atoms with Crippen LogP contribution in [0.1, 0.15) is 36.7 Å². The van der Waals surface area contributed by atoms with Gasteiger partial charge in [-0.2, -0.15) is 0 Å². The van der Waals surface area contributed by atoms with Crippen LogP contribution in [-0.2, 0) is 0 Å². The van der Waals surface area contributed by atoms with Crippen LogP contribution in [-0.4, -0.2) is 29.6 Å². The van der Waals surface area contributed by atoms with Crippen molar-refractivity contribution in [3.63, 3.8) is 0 Å². The Labute approximate surface area is 106 Å². The maximum atomic E-state index is 10.1. The van der Waals surface area contributed by atoms with Crippen molar-refractivity contribution in [2.45, 2.75) is 31.8 Å². The van der Waals surface area contributed by atoms with Crippen molar-refractivity contribution in [1.29, 1.82) is 0 Å². The Morgan fingerprint density at radius 3 is 2.50 bits per heavy atom. The number of likely N-dealkylation sites (tertiary alicyclic amines) is 1. The highest BCUT2D eigenvalue weighted by Gasteiger charge is 2.16. The molecule has 16 heavy (non-hydrogen) atoms. The zero-order valence-electron chi connectivity index (χ0n) is 9.36. The molecule has 1 atom stereocenters. The minimum absolute atomic E-state index is 0.379. The molecule has 4 heteroatoms. The van der Waals surface area contributed by atoms with Gasteiger partial charge < -0.3 is 10.0 Å². The Hall–Kier alpha value is -0.0900. The third-order valence-electron chi connectivity index (χ3n) is 3.05. The molecule has 2 heterocycles. The summed E-state index contributed by atoms with van der Waals surface area (Å²) in [7, 11) is 0. The number of halogens is 1. The molecule has 0 bridgehead atoms. The van der Waals surface area contributed by atoms with Crippen LogP contribution < -0.4 is 0 Å². The summed E-state index contributed by atoms with van der Waals surface area (Å²) >= 11 is 7.35. The van der Waals surface area contributed by atoms with Gasteiger partial charge in [-0.15, -0.1) is 11.3 Å². The van der Waals surface area contributed by atoms with E-state index >= 15 is 0 Å². The SMILES string of the molecule is OC(CN1CCCCCC1)c1ccc(Cl)s1. The zero-order valence-corrected chi connectivity index (χ0v) is 10.9. The molecule has 1 aliphatic rings. The largest absolute Gasteiger partial charge is 0.386 e. The van der Waals surface area contributed by atoms with Crippen molar-refractivity contribution in [3.05, 3.63) is 21.3 Å². The maximum Gasteiger partial charge on any atom is 0.101 e. The number of aliphatic hydroxyl groups is 1. The van der Waals surface area contributed by atoms with Crippen LogP contribution in [0.5, 0.6) is 0 Å². The van der Waals surface area contributed by atoms with Crippen LogP contribution in [0.3, 0.4) is 0 Å². The smallest absolute Gasteiger partial charge is 0.101 e. The Bertz CT molecular complexity index is 321. The Morgan fingerprint density at radius 1 is 1.25 bits per heavy atom. The number of rotatable bonds is 3. The molecule has 1 unspecified atom stereocenters. The van der Waals surface area contributed by atoms with Crippen molar-refractivity contribution in [2.75, 3.05) is 19.6 Å². The molecule has 1 saturated heterocycles. The van der Waals surface area contributed by atoms with Crippen molar-refractivity contribution in [1.82, 2.24) is 4.90 Å². The monoisotopic (exact) mass is 259 g/mol. The summed E-state index contributed by atoms with van der Waals surface area (Å²) in [5.41, 5.74) is 0. The average Bonchev–Trinajstić information content (AvgIpc) is 2.54. The second kappa shape index (κ2) is 6.01. The predicted octanol–water partition coefficient (Wildman–Crippen LogP) is 3.31. The molecular formula is C12H18ClNOS. The number of aliphatic hydroxyl groups excluding tert-OH is 1. The fourth-order valence-electron chi connectivity index (χ4n) is 2.16. The van der Waals surface area contributed by atoms with E-state index in [4.69, 9.17) is 11.6 Å². The van der Waals surface area contributed by atoms with Gasteiger partial charge in [0, 0.05) is 11.4 Å². The topological polar surface area (TPSA) is 23.5 Å². The van der Waals surface area contributed by atoms with Crippen molar-refractivity contribution >= 4 is 22.9 Å². The molecule has 2 nitrogen and oxygen atoms in total. The predicted molar refractivity (Wildman–Crippen MR) is 69.2 cm³/mol. The minimum atomic E-state index is -0.379. The first kappa shape index (κ1) is 12.4. The van der Waals surface area contributed by atoms with E-state index in [9.17, 15) is 5.11 Å². The zero-order chi connectivity index (χ0) is 11.4. The van der Waals surface area contributed by atoms with E-state index in [0.717, 1.165) is 28.8 Å². The van der Waals surface area contributed by atoms with Gasteiger partial charge in [0.2, 0.25) is 0 Å². The highest BCUT2D eigenvalue weighted by Crippen LogP contribution is 2.27. The van der Waals surface area contributed by atoms with Crippen LogP contribution in [0.4, 0.5) is 0 Å². The van der Waals surface area contributed by atoms with Gasteiger partial charge in [-0.1, -0.05) is 24.4 Å². The van der Waals surface area contributed by atoms with E-state index in [1.54, 1.807) is 0 Å². The number of thiophene rings is 1. The fraction of sp³-hybridized carbons (Fsp3) is 0.667. The van der Waals surface area contributed by atoms with Gasteiger partial charge in [-0.25, -0.2) is 0 Å². The summed E-state index contributed by atoms with van der Waals surface area (Å²) < 4.78 is 0.755. The fourth-order valence-corrected chi connectivity index (χ4v) is 3.20. The first-order valence-corrected chi connectivity index (χ1v) is 7.11. The Balaban J connectivity index is 1.88. The van der Waals surface area contributed by atoms with Gasteiger partial charge in [0.15, 0.2) is 0 Å². The summed E-state index contributed by atoms with van der Waals surface area (Å²) in [5, 5.41) is 10.1. The summed E-state index contributed by atoms with van der Waals surface area (Å²) in [6, 6.07) is 3.78. The van der Waals surface area contributed by atoms with Crippen molar-refractivity contribution < 1.29 is 5.11 Å². The van der Waals surface area contributed by atoms with E-state index in [1.165, 1.54) is 37.0 Å². The van der Waals surface area contributed by atoms with E-state index in [-0.39, 0.29) is 6.10 Å². The second-order valence-corrected chi connectivity index (χ2v) is 6.12. The van der Waals surface area contributed by atoms with Gasteiger partial charge in [0.1, 0.15) is 6.10 Å². The molecular weight excluding hydrogens is 242 g/mol. The summed E-state index contributed by atoms with van der Waals surface area (Å²) in [6.07, 6.45) is 4.81. The molecule has 1 aromatic rings. The number of β-amino-alcohol motifs (C(OH)–C–C–N with tert-alkyl or cyclic N) is 1. The number of nitrogens with zero attached hydrogens (tertiary/aromatic N) is 1. The lowest BCUT2D eigenvalue weighted by atomic mass is 10.2. The number of hydrogen-bond acceptors (Lipinski definition) is 3. The summed E-state index contributed by atoms with van der Waals surface area (Å²) in [5.74, 6) is 0. The van der Waals surface area contributed by atoms with Crippen LogP contribution >= 0.6 is 22.9 Å². The van der Waals surface area contributed by atoms with Gasteiger partial charge in [0.25, 0.3) is 0 Å². The normalized spacial score (nSPS) is 20.6.